The van der Waals surface area contributed by atoms with E-state index in [9.17, 15) is 0 Å². The van der Waals surface area contributed by atoms with Crippen LogP contribution >= 0.6 is 0 Å². The Hall–Kier alpha value is -2.10. The van der Waals surface area contributed by atoms with Crippen molar-refractivity contribution in [3.05, 3.63) is 77.4 Å². The third-order valence-corrected chi connectivity index (χ3v) is 6.05. The van der Waals surface area contributed by atoms with Crippen molar-refractivity contribution in [3.63, 3.8) is 0 Å². The number of aryl methyl sites for hydroxylation is 2. The lowest BCUT2D eigenvalue weighted by molar-refractivity contribution is -0.134. The van der Waals surface area contributed by atoms with Crippen LogP contribution in [0.25, 0.3) is 0 Å². The van der Waals surface area contributed by atoms with E-state index in [-0.39, 0.29) is 18.2 Å². The van der Waals surface area contributed by atoms with Gasteiger partial charge >= 0.3 is 0 Å². The van der Waals surface area contributed by atoms with Crippen LogP contribution < -0.4 is 4.74 Å². The van der Waals surface area contributed by atoms with Gasteiger partial charge in [-0.25, -0.2) is 0 Å². The fraction of sp³-hybridized carbons (Fsp3) is 0.440. The molecular weight excluding hydrogens is 346 g/mol. The maximum Gasteiger partial charge on any atom is 0.119 e. The third-order valence-electron chi connectivity index (χ3n) is 6.05. The van der Waals surface area contributed by atoms with E-state index in [0.29, 0.717) is 12.6 Å². The molecule has 28 heavy (non-hydrogen) atoms. The van der Waals surface area contributed by atoms with Gasteiger partial charge in [-0.05, 0) is 75.6 Å². The zero-order valence-corrected chi connectivity index (χ0v) is 17.8. The number of para-hydroxylation sites is 1. The molecule has 150 valence electrons. The highest BCUT2D eigenvalue weighted by Crippen LogP contribution is 2.37. The lowest BCUT2D eigenvalue weighted by atomic mass is 9.89. The predicted molar refractivity (Wildman–Crippen MR) is 116 cm³/mol. The minimum atomic E-state index is 0.0604. The van der Waals surface area contributed by atoms with Gasteiger partial charge in [0.05, 0.1) is 18.2 Å². The summed E-state index contributed by atoms with van der Waals surface area (Å²) >= 11 is 0. The first-order valence-corrected chi connectivity index (χ1v) is 10.2. The molecule has 3 heteroatoms. The Labute approximate surface area is 170 Å². The van der Waals surface area contributed by atoms with Gasteiger partial charge in [0.2, 0.25) is 0 Å². The summed E-state index contributed by atoms with van der Waals surface area (Å²) in [6.45, 7) is 13.5. The summed E-state index contributed by atoms with van der Waals surface area (Å²) in [5.41, 5.74) is 5.01. The van der Waals surface area contributed by atoms with Crippen molar-refractivity contribution >= 4 is 0 Å². The SMILES string of the molecule is C=C(COc1ccccc1)CC1OC(C)C(C)N(C)C1c1ccc(C)c(C)c1. The highest BCUT2D eigenvalue weighted by atomic mass is 16.5. The van der Waals surface area contributed by atoms with E-state index in [1.165, 1.54) is 16.7 Å². The number of rotatable bonds is 6. The summed E-state index contributed by atoms with van der Waals surface area (Å²) in [5, 5.41) is 0. The molecule has 3 rings (SSSR count). The average Bonchev–Trinajstić information content (AvgIpc) is 2.68. The van der Waals surface area contributed by atoms with Crippen molar-refractivity contribution in [3.8, 4) is 5.75 Å². The standard InChI is InChI=1S/C25H33NO2/c1-17(16-27-23-10-8-7-9-11-23)14-24-25(26(6)20(4)21(5)28-24)22-13-12-18(2)19(3)15-22/h7-13,15,20-21,24-25H,1,14,16H2,2-6H3. The summed E-state index contributed by atoms with van der Waals surface area (Å²) in [6.07, 6.45) is 1.03. The fourth-order valence-corrected chi connectivity index (χ4v) is 3.91. The first kappa shape index (κ1) is 20.6. The molecule has 1 fully saturated rings. The summed E-state index contributed by atoms with van der Waals surface area (Å²) in [7, 11) is 2.21. The molecule has 0 saturated carbocycles. The number of ether oxygens (including phenoxy) is 2. The molecule has 0 bridgehead atoms. The lowest BCUT2D eigenvalue weighted by Crippen LogP contribution is -2.52. The number of hydrogen-bond acceptors (Lipinski definition) is 3. The second kappa shape index (κ2) is 8.93. The molecule has 1 saturated heterocycles. The number of benzene rings is 2. The molecule has 1 aliphatic heterocycles. The molecule has 0 aromatic heterocycles. The molecule has 1 aliphatic rings. The molecule has 0 aliphatic carbocycles. The maximum absolute atomic E-state index is 6.47. The first-order chi connectivity index (χ1) is 13.4. The van der Waals surface area contributed by atoms with E-state index >= 15 is 0 Å². The van der Waals surface area contributed by atoms with Gasteiger partial charge in [-0.1, -0.05) is 43.0 Å². The van der Waals surface area contributed by atoms with Gasteiger partial charge < -0.3 is 9.47 Å². The number of likely N-dealkylation sites (N-methyl/N-ethyl adjacent to an activating group) is 1. The van der Waals surface area contributed by atoms with Crippen LogP contribution in [-0.4, -0.2) is 36.8 Å². The number of morpholine rings is 1. The Kier molecular flexibility index (Phi) is 6.58. The van der Waals surface area contributed by atoms with Crippen molar-refractivity contribution in [1.82, 2.24) is 4.90 Å². The normalized spacial score (nSPS) is 25.5. The molecule has 2 aromatic rings. The quantitative estimate of drug-likeness (QED) is 0.621. The molecule has 0 amide bonds. The van der Waals surface area contributed by atoms with Gasteiger partial charge in [0.15, 0.2) is 0 Å². The Morgan fingerprint density at radius 2 is 1.79 bits per heavy atom. The highest BCUT2D eigenvalue weighted by molar-refractivity contribution is 5.33. The minimum absolute atomic E-state index is 0.0604. The molecule has 0 radical (unpaired) electrons. The minimum Gasteiger partial charge on any atom is -0.489 e. The average molecular weight is 380 g/mol. The zero-order valence-electron chi connectivity index (χ0n) is 17.8. The van der Waals surface area contributed by atoms with Crippen LogP contribution in [-0.2, 0) is 4.74 Å². The largest absolute Gasteiger partial charge is 0.489 e. The Morgan fingerprint density at radius 1 is 1.07 bits per heavy atom. The summed E-state index contributed by atoms with van der Waals surface area (Å²) < 4.78 is 12.4. The Bertz CT molecular complexity index is 801. The van der Waals surface area contributed by atoms with Crippen LogP contribution in [0.15, 0.2) is 60.7 Å². The van der Waals surface area contributed by atoms with Gasteiger partial charge in [0.25, 0.3) is 0 Å². The van der Waals surface area contributed by atoms with E-state index in [1.54, 1.807) is 0 Å². The van der Waals surface area contributed by atoms with E-state index in [2.05, 4.69) is 64.4 Å². The van der Waals surface area contributed by atoms with Crippen LogP contribution in [0.2, 0.25) is 0 Å². The monoisotopic (exact) mass is 379 g/mol. The van der Waals surface area contributed by atoms with Gasteiger partial charge in [-0.3, -0.25) is 4.90 Å². The van der Waals surface area contributed by atoms with E-state index < -0.39 is 0 Å². The van der Waals surface area contributed by atoms with E-state index in [4.69, 9.17) is 9.47 Å². The molecule has 4 atom stereocenters. The number of hydrogen-bond donors (Lipinski definition) is 0. The smallest absolute Gasteiger partial charge is 0.119 e. The molecular formula is C25H33NO2. The van der Waals surface area contributed by atoms with Crippen molar-refractivity contribution in [2.24, 2.45) is 0 Å². The number of nitrogens with zero attached hydrogens (tertiary/aromatic N) is 1. The summed E-state index contributed by atoms with van der Waals surface area (Å²) in [5.74, 6) is 0.873. The Morgan fingerprint density at radius 3 is 2.46 bits per heavy atom. The van der Waals surface area contributed by atoms with Crippen molar-refractivity contribution in [2.75, 3.05) is 13.7 Å². The second-order valence-electron chi connectivity index (χ2n) is 8.13. The Balaban J connectivity index is 1.75. The van der Waals surface area contributed by atoms with E-state index in [0.717, 1.165) is 17.7 Å². The molecule has 2 aromatic carbocycles. The van der Waals surface area contributed by atoms with Gasteiger partial charge in [0, 0.05) is 6.04 Å². The van der Waals surface area contributed by atoms with Crippen LogP contribution in [0, 0.1) is 13.8 Å². The first-order valence-electron chi connectivity index (χ1n) is 10.2. The van der Waals surface area contributed by atoms with E-state index in [1.807, 2.05) is 30.3 Å². The van der Waals surface area contributed by atoms with Gasteiger partial charge in [-0.2, -0.15) is 0 Å². The molecule has 0 spiro atoms. The third kappa shape index (κ3) is 4.65. The molecule has 1 heterocycles. The van der Waals surface area contributed by atoms with Gasteiger partial charge in [-0.15, -0.1) is 0 Å². The summed E-state index contributed by atoms with van der Waals surface area (Å²) in [6, 6.07) is 17.2. The topological polar surface area (TPSA) is 21.7 Å². The molecule has 4 unspecified atom stereocenters. The zero-order chi connectivity index (χ0) is 20.3. The van der Waals surface area contributed by atoms with Crippen molar-refractivity contribution in [2.45, 2.75) is 58.4 Å². The van der Waals surface area contributed by atoms with Crippen molar-refractivity contribution in [1.29, 1.82) is 0 Å². The van der Waals surface area contributed by atoms with Crippen LogP contribution in [0.3, 0.4) is 0 Å². The maximum atomic E-state index is 6.47. The van der Waals surface area contributed by atoms with Crippen LogP contribution in [0.4, 0.5) is 0 Å². The summed E-state index contributed by atoms with van der Waals surface area (Å²) in [4.78, 5) is 2.45. The van der Waals surface area contributed by atoms with Gasteiger partial charge in [0.1, 0.15) is 12.4 Å². The molecule has 0 N–H and O–H groups in total. The molecule has 3 nitrogen and oxygen atoms in total. The second-order valence-corrected chi connectivity index (χ2v) is 8.13. The van der Waals surface area contributed by atoms with Crippen LogP contribution in [0.1, 0.15) is 43.0 Å². The predicted octanol–water partition coefficient (Wildman–Crippen LogP) is 5.48. The lowest BCUT2D eigenvalue weighted by Gasteiger charge is -2.47. The van der Waals surface area contributed by atoms with Crippen LogP contribution in [0.5, 0.6) is 5.75 Å². The fourth-order valence-electron chi connectivity index (χ4n) is 3.91. The highest BCUT2D eigenvalue weighted by Gasteiger charge is 2.39. The van der Waals surface area contributed by atoms with Crippen molar-refractivity contribution < 1.29 is 9.47 Å².